The summed E-state index contributed by atoms with van der Waals surface area (Å²) in [6.07, 6.45) is 3.36. The number of methoxy groups -OCH3 is 1. The fraction of sp³-hybridized carbons (Fsp3) is 0.706. The van der Waals surface area contributed by atoms with Crippen LogP contribution in [-0.2, 0) is 23.1 Å². The summed E-state index contributed by atoms with van der Waals surface area (Å²) >= 11 is 0. The average molecular weight is 349 g/mol. The van der Waals surface area contributed by atoms with Gasteiger partial charge in [0.15, 0.2) is 0 Å². The Bertz CT molecular complexity index is 663. The zero-order valence-corrected chi connectivity index (χ0v) is 15.5. The van der Waals surface area contributed by atoms with Crippen LogP contribution in [0.3, 0.4) is 0 Å². The van der Waals surface area contributed by atoms with E-state index in [0.717, 1.165) is 25.3 Å². The third-order valence-corrected chi connectivity index (χ3v) is 5.45. The van der Waals surface area contributed by atoms with Gasteiger partial charge in [0.05, 0.1) is 12.3 Å². The van der Waals surface area contributed by atoms with Gasteiger partial charge in [0.25, 0.3) is 5.91 Å². The van der Waals surface area contributed by atoms with Crippen molar-refractivity contribution in [2.45, 2.75) is 31.8 Å². The molecule has 8 nitrogen and oxygen atoms in total. The number of imide groups is 1. The number of hydrogen-bond acceptors (Lipinski definition) is 5. The number of likely N-dealkylation sites (N-methyl/N-ethyl adjacent to an activating group) is 1. The first-order chi connectivity index (χ1) is 11.9. The molecule has 2 aliphatic heterocycles. The van der Waals surface area contributed by atoms with Gasteiger partial charge in [-0.15, -0.1) is 0 Å². The molecule has 8 heteroatoms. The number of carbonyl (C=O) groups is 2. The normalized spacial score (nSPS) is 21.0. The molecule has 0 atom stereocenters. The van der Waals surface area contributed by atoms with Gasteiger partial charge >= 0.3 is 6.03 Å². The topological polar surface area (TPSA) is 70.9 Å². The van der Waals surface area contributed by atoms with Gasteiger partial charge in [-0.2, -0.15) is 5.10 Å². The van der Waals surface area contributed by atoms with Crippen LogP contribution in [0, 0.1) is 6.92 Å². The third kappa shape index (κ3) is 3.04. The summed E-state index contributed by atoms with van der Waals surface area (Å²) < 4.78 is 6.96. The van der Waals surface area contributed by atoms with Gasteiger partial charge in [0.1, 0.15) is 5.54 Å². The van der Waals surface area contributed by atoms with Gasteiger partial charge in [-0.05, 0) is 19.8 Å². The first-order valence-electron chi connectivity index (χ1n) is 8.69. The molecule has 138 valence electrons. The minimum atomic E-state index is -0.704. The van der Waals surface area contributed by atoms with Gasteiger partial charge in [-0.3, -0.25) is 19.3 Å². The highest BCUT2D eigenvalue weighted by Crippen LogP contribution is 2.36. The van der Waals surface area contributed by atoms with Crippen molar-refractivity contribution in [2.75, 3.05) is 40.4 Å². The highest BCUT2D eigenvalue weighted by atomic mass is 16.5. The van der Waals surface area contributed by atoms with Gasteiger partial charge < -0.3 is 9.64 Å². The van der Waals surface area contributed by atoms with Crippen LogP contribution < -0.4 is 0 Å². The highest BCUT2D eigenvalue weighted by Gasteiger charge is 2.56. The number of aromatic nitrogens is 2. The molecule has 0 saturated carbocycles. The van der Waals surface area contributed by atoms with Crippen LogP contribution in [-0.4, -0.2) is 82.4 Å². The smallest absolute Gasteiger partial charge is 0.327 e. The Morgan fingerprint density at radius 2 is 1.92 bits per heavy atom. The second-order valence-corrected chi connectivity index (χ2v) is 7.01. The number of amides is 3. The summed E-state index contributed by atoms with van der Waals surface area (Å²) in [6.45, 7) is 5.29. The van der Waals surface area contributed by atoms with Crippen molar-refractivity contribution in [3.05, 3.63) is 17.5 Å². The zero-order chi connectivity index (χ0) is 18.2. The molecule has 0 radical (unpaired) electrons. The Hall–Kier alpha value is -1.93. The summed E-state index contributed by atoms with van der Waals surface area (Å²) in [4.78, 5) is 30.6. The van der Waals surface area contributed by atoms with E-state index < -0.39 is 5.54 Å². The average Bonchev–Trinajstić information content (AvgIpc) is 2.99. The lowest BCUT2D eigenvalue weighted by molar-refractivity contribution is -0.135. The molecular weight excluding hydrogens is 322 g/mol. The van der Waals surface area contributed by atoms with E-state index >= 15 is 0 Å². The number of urea groups is 1. The molecule has 1 aromatic heterocycles. The Morgan fingerprint density at radius 1 is 1.24 bits per heavy atom. The standard InChI is InChI=1S/C17H27N5O3/c1-13-14(11-19(2)18-13)12-21-7-5-17(6-8-21)15(23)20(3)16(24)22(17)9-10-25-4/h11H,5-10,12H2,1-4H3. The molecule has 25 heavy (non-hydrogen) atoms. The predicted octanol–water partition coefficient (Wildman–Crippen LogP) is 0.604. The molecule has 0 aliphatic carbocycles. The molecule has 0 aromatic carbocycles. The molecule has 0 bridgehead atoms. The van der Waals surface area contributed by atoms with Crippen LogP contribution in [0.15, 0.2) is 6.20 Å². The first kappa shape index (κ1) is 17.9. The fourth-order valence-corrected chi connectivity index (χ4v) is 3.98. The minimum Gasteiger partial charge on any atom is -0.383 e. The summed E-state index contributed by atoms with van der Waals surface area (Å²) in [5, 5.41) is 4.39. The van der Waals surface area contributed by atoms with E-state index in [-0.39, 0.29) is 11.9 Å². The summed E-state index contributed by atoms with van der Waals surface area (Å²) in [6, 6.07) is -0.210. The number of ether oxygens (including phenoxy) is 1. The molecule has 2 fully saturated rings. The van der Waals surface area contributed by atoms with Crippen molar-refractivity contribution in [3.8, 4) is 0 Å². The molecule has 2 saturated heterocycles. The van der Waals surface area contributed by atoms with Crippen LogP contribution in [0.25, 0.3) is 0 Å². The lowest BCUT2D eigenvalue weighted by atomic mass is 9.85. The van der Waals surface area contributed by atoms with E-state index in [2.05, 4.69) is 10.00 Å². The predicted molar refractivity (Wildman–Crippen MR) is 91.9 cm³/mol. The first-order valence-corrected chi connectivity index (χ1v) is 8.69. The maximum absolute atomic E-state index is 12.8. The van der Waals surface area contributed by atoms with Crippen molar-refractivity contribution in [3.63, 3.8) is 0 Å². The Morgan fingerprint density at radius 3 is 2.48 bits per heavy atom. The van der Waals surface area contributed by atoms with Crippen molar-refractivity contribution in [1.82, 2.24) is 24.5 Å². The molecule has 0 N–H and O–H groups in total. The molecule has 1 aromatic rings. The van der Waals surface area contributed by atoms with E-state index in [9.17, 15) is 9.59 Å². The van der Waals surface area contributed by atoms with Gasteiger partial charge in [0, 0.05) is 59.1 Å². The van der Waals surface area contributed by atoms with Crippen molar-refractivity contribution >= 4 is 11.9 Å². The van der Waals surface area contributed by atoms with Crippen LogP contribution >= 0.6 is 0 Å². The number of aryl methyl sites for hydroxylation is 2. The van der Waals surface area contributed by atoms with Gasteiger partial charge in [-0.25, -0.2) is 4.79 Å². The molecule has 2 aliphatic rings. The SMILES string of the molecule is COCCN1C(=O)N(C)C(=O)C12CCN(Cc1cn(C)nc1C)CC2. The van der Waals surface area contributed by atoms with Crippen LogP contribution in [0.2, 0.25) is 0 Å². The second kappa shape index (κ2) is 6.76. The number of nitrogens with zero attached hydrogens (tertiary/aromatic N) is 5. The molecule has 0 unspecified atom stereocenters. The molecule has 3 heterocycles. The Kier molecular flexibility index (Phi) is 4.83. The van der Waals surface area contributed by atoms with Crippen molar-refractivity contribution in [1.29, 1.82) is 0 Å². The number of hydrogen-bond donors (Lipinski definition) is 0. The maximum atomic E-state index is 12.8. The monoisotopic (exact) mass is 349 g/mol. The number of rotatable bonds is 5. The molecular formula is C17H27N5O3. The van der Waals surface area contributed by atoms with E-state index in [1.165, 1.54) is 10.5 Å². The summed E-state index contributed by atoms with van der Waals surface area (Å²) in [5.41, 5.74) is 1.54. The Balaban J connectivity index is 1.71. The lowest BCUT2D eigenvalue weighted by Crippen LogP contribution is -2.57. The van der Waals surface area contributed by atoms with Crippen molar-refractivity contribution < 1.29 is 14.3 Å². The number of likely N-dealkylation sites (tertiary alicyclic amines) is 1. The van der Waals surface area contributed by atoms with Crippen LogP contribution in [0.4, 0.5) is 4.79 Å². The van der Waals surface area contributed by atoms with Crippen LogP contribution in [0.1, 0.15) is 24.1 Å². The van der Waals surface area contributed by atoms with E-state index in [1.54, 1.807) is 19.1 Å². The highest BCUT2D eigenvalue weighted by molar-refractivity contribution is 6.06. The Labute approximate surface area is 148 Å². The van der Waals surface area contributed by atoms with Crippen molar-refractivity contribution in [2.24, 2.45) is 7.05 Å². The molecule has 1 spiro atoms. The largest absolute Gasteiger partial charge is 0.383 e. The summed E-state index contributed by atoms with van der Waals surface area (Å²) in [7, 11) is 5.11. The van der Waals surface area contributed by atoms with Gasteiger partial charge in [-0.1, -0.05) is 0 Å². The third-order valence-electron chi connectivity index (χ3n) is 5.45. The summed E-state index contributed by atoms with van der Waals surface area (Å²) in [5.74, 6) is -0.0780. The van der Waals surface area contributed by atoms with Crippen LogP contribution in [0.5, 0.6) is 0 Å². The number of carbonyl (C=O) groups excluding carboxylic acids is 2. The minimum absolute atomic E-state index is 0.0780. The number of piperidine rings is 1. The molecule has 3 amide bonds. The van der Waals surface area contributed by atoms with E-state index in [4.69, 9.17) is 4.74 Å². The van der Waals surface area contributed by atoms with E-state index in [0.29, 0.717) is 26.0 Å². The quantitative estimate of drug-likeness (QED) is 0.728. The van der Waals surface area contributed by atoms with Gasteiger partial charge in [0.2, 0.25) is 0 Å². The lowest BCUT2D eigenvalue weighted by Gasteiger charge is -2.42. The zero-order valence-electron chi connectivity index (χ0n) is 15.5. The van der Waals surface area contributed by atoms with E-state index in [1.807, 2.05) is 24.9 Å². The second-order valence-electron chi connectivity index (χ2n) is 7.01. The molecule has 3 rings (SSSR count). The maximum Gasteiger partial charge on any atom is 0.327 e. The fourth-order valence-electron chi connectivity index (χ4n) is 3.98.